The number of carbonyl (C=O) groups is 1. The summed E-state index contributed by atoms with van der Waals surface area (Å²) in [5.41, 5.74) is 5.81. The fourth-order valence-corrected chi connectivity index (χ4v) is 1.60. The first-order valence-corrected chi connectivity index (χ1v) is 5.36. The number of halogens is 1. The Balaban J connectivity index is 3.13. The van der Waals surface area contributed by atoms with E-state index in [2.05, 4.69) is 15.9 Å². The molecule has 76 valence electrons. The highest BCUT2D eigenvalue weighted by molar-refractivity contribution is 9.10. The number of benzene rings is 1. The molecular weight excluding hydrogens is 242 g/mol. The predicted molar refractivity (Wildman–Crippen MR) is 61.0 cm³/mol. The van der Waals surface area contributed by atoms with Gasteiger partial charge in [-0.1, -0.05) is 35.0 Å². The Hall–Kier alpha value is -0.830. The van der Waals surface area contributed by atoms with E-state index in [-0.39, 0.29) is 5.91 Å². The maximum Gasteiger partial charge on any atom is 0.227 e. The summed E-state index contributed by atoms with van der Waals surface area (Å²) in [7, 11) is 0. The van der Waals surface area contributed by atoms with Crippen LogP contribution in [-0.4, -0.2) is 5.91 Å². The number of primary amides is 1. The van der Waals surface area contributed by atoms with Crippen molar-refractivity contribution in [1.82, 2.24) is 0 Å². The van der Waals surface area contributed by atoms with Gasteiger partial charge in [0.1, 0.15) is 0 Å². The molecule has 1 aromatic carbocycles. The Labute approximate surface area is 92.6 Å². The van der Waals surface area contributed by atoms with Crippen molar-refractivity contribution in [1.29, 1.82) is 0 Å². The molecule has 1 amide bonds. The molecule has 1 rings (SSSR count). The average molecular weight is 256 g/mol. The van der Waals surface area contributed by atoms with Gasteiger partial charge in [-0.3, -0.25) is 4.79 Å². The second-order valence-corrected chi connectivity index (χ2v) is 4.47. The third-order valence-electron chi connectivity index (χ3n) is 2.73. The molecule has 0 bridgehead atoms. The minimum Gasteiger partial charge on any atom is -0.369 e. The lowest BCUT2D eigenvalue weighted by Gasteiger charge is -2.24. The molecule has 0 saturated heterocycles. The van der Waals surface area contributed by atoms with E-state index >= 15 is 0 Å². The number of rotatable bonds is 3. The quantitative estimate of drug-likeness (QED) is 0.887. The van der Waals surface area contributed by atoms with E-state index < -0.39 is 5.41 Å². The standard InChI is InChI=1S/C11H14BrNO/c1-3-11(2,10(13)14)8-4-6-9(12)7-5-8/h4-7H,3H2,1-2H3,(H2,13,14). The summed E-state index contributed by atoms with van der Waals surface area (Å²) >= 11 is 3.35. The molecule has 0 heterocycles. The zero-order valence-electron chi connectivity index (χ0n) is 8.38. The molecule has 0 aliphatic rings. The van der Waals surface area contributed by atoms with E-state index in [4.69, 9.17) is 5.73 Å². The molecule has 1 aromatic rings. The summed E-state index contributed by atoms with van der Waals surface area (Å²) in [5.74, 6) is -0.276. The van der Waals surface area contributed by atoms with Crippen LogP contribution in [0.15, 0.2) is 28.7 Å². The molecule has 3 heteroatoms. The fourth-order valence-electron chi connectivity index (χ4n) is 1.34. The van der Waals surface area contributed by atoms with Gasteiger partial charge in [-0.15, -0.1) is 0 Å². The third-order valence-corrected chi connectivity index (χ3v) is 3.26. The van der Waals surface area contributed by atoms with Crippen molar-refractivity contribution in [3.63, 3.8) is 0 Å². The van der Waals surface area contributed by atoms with Gasteiger partial charge in [0.2, 0.25) is 5.91 Å². The van der Waals surface area contributed by atoms with Crippen molar-refractivity contribution < 1.29 is 4.79 Å². The first-order valence-electron chi connectivity index (χ1n) is 4.56. The second kappa shape index (κ2) is 4.13. The highest BCUT2D eigenvalue weighted by Crippen LogP contribution is 2.28. The van der Waals surface area contributed by atoms with Crippen molar-refractivity contribution in [2.45, 2.75) is 25.7 Å². The summed E-state index contributed by atoms with van der Waals surface area (Å²) in [6.07, 6.45) is 0.712. The van der Waals surface area contributed by atoms with Crippen LogP contribution in [0, 0.1) is 0 Å². The smallest absolute Gasteiger partial charge is 0.227 e. The normalized spacial score (nSPS) is 14.8. The van der Waals surface area contributed by atoms with Crippen LogP contribution in [-0.2, 0) is 10.2 Å². The summed E-state index contributed by atoms with van der Waals surface area (Å²) in [4.78, 5) is 11.3. The zero-order valence-corrected chi connectivity index (χ0v) is 9.97. The number of hydrogen-bond acceptors (Lipinski definition) is 1. The zero-order chi connectivity index (χ0) is 10.8. The van der Waals surface area contributed by atoms with E-state index in [1.165, 1.54) is 0 Å². The minimum absolute atomic E-state index is 0.276. The third kappa shape index (κ3) is 1.98. The fraction of sp³-hybridized carbons (Fsp3) is 0.364. The Morgan fingerprint density at radius 3 is 2.29 bits per heavy atom. The van der Waals surface area contributed by atoms with Gasteiger partial charge in [-0.05, 0) is 31.0 Å². The van der Waals surface area contributed by atoms with E-state index in [0.717, 1.165) is 10.0 Å². The summed E-state index contributed by atoms with van der Waals surface area (Å²) in [5, 5.41) is 0. The van der Waals surface area contributed by atoms with Crippen LogP contribution in [0.1, 0.15) is 25.8 Å². The first kappa shape index (κ1) is 11.2. The van der Waals surface area contributed by atoms with Gasteiger partial charge in [-0.2, -0.15) is 0 Å². The van der Waals surface area contributed by atoms with Crippen LogP contribution in [0.4, 0.5) is 0 Å². The SMILES string of the molecule is CCC(C)(C(N)=O)c1ccc(Br)cc1. The van der Waals surface area contributed by atoms with Crippen molar-refractivity contribution in [3.05, 3.63) is 34.3 Å². The van der Waals surface area contributed by atoms with Crippen molar-refractivity contribution in [3.8, 4) is 0 Å². The second-order valence-electron chi connectivity index (χ2n) is 3.56. The van der Waals surface area contributed by atoms with Crippen LogP contribution >= 0.6 is 15.9 Å². The van der Waals surface area contributed by atoms with Crippen LogP contribution in [0.5, 0.6) is 0 Å². The summed E-state index contributed by atoms with van der Waals surface area (Å²) in [6.45, 7) is 3.84. The van der Waals surface area contributed by atoms with Crippen molar-refractivity contribution >= 4 is 21.8 Å². The first-order chi connectivity index (χ1) is 6.50. The molecule has 2 N–H and O–H groups in total. The molecule has 1 unspecified atom stereocenters. The van der Waals surface area contributed by atoms with Crippen LogP contribution < -0.4 is 5.73 Å². The van der Waals surface area contributed by atoms with Crippen molar-refractivity contribution in [2.24, 2.45) is 5.73 Å². The Kier molecular flexibility index (Phi) is 3.32. The van der Waals surface area contributed by atoms with Gasteiger partial charge in [0.05, 0.1) is 5.41 Å². The molecule has 14 heavy (non-hydrogen) atoms. The molecule has 0 aromatic heterocycles. The molecule has 2 nitrogen and oxygen atoms in total. The molecule has 0 saturated carbocycles. The highest BCUT2D eigenvalue weighted by atomic mass is 79.9. The predicted octanol–water partition coefficient (Wildman–Crippen LogP) is 2.60. The Bertz CT molecular complexity index is 334. The van der Waals surface area contributed by atoms with Gasteiger partial charge in [0.15, 0.2) is 0 Å². The highest BCUT2D eigenvalue weighted by Gasteiger charge is 2.30. The van der Waals surface area contributed by atoms with Gasteiger partial charge < -0.3 is 5.73 Å². The van der Waals surface area contributed by atoms with E-state index in [1.807, 2.05) is 38.1 Å². The number of nitrogens with two attached hydrogens (primary N) is 1. The largest absolute Gasteiger partial charge is 0.369 e. The molecule has 0 aliphatic heterocycles. The van der Waals surface area contributed by atoms with Crippen molar-refractivity contribution in [2.75, 3.05) is 0 Å². The molecule has 1 atom stereocenters. The lowest BCUT2D eigenvalue weighted by atomic mass is 9.79. The van der Waals surface area contributed by atoms with Gasteiger partial charge >= 0.3 is 0 Å². The van der Waals surface area contributed by atoms with Crippen LogP contribution in [0.25, 0.3) is 0 Å². The average Bonchev–Trinajstić information content (AvgIpc) is 2.17. The Morgan fingerprint density at radius 1 is 1.43 bits per heavy atom. The van der Waals surface area contributed by atoms with Crippen LogP contribution in [0.3, 0.4) is 0 Å². The minimum atomic E-state index is -0.555. The molecular formula is C11H14BrNO. The van der Waals surface area contributed by atoms with E-state index in [9.17, 15) is 4.79 Å². The molecule has 0 aliphatic carbocycles. The molecule has 0 radical (unpaired) electrons. The maximum absolute atomic E-state index is 11.3. The lowest BCUT2D eigenvalue weighted by molar-refractivity contribution is -0.123. The Morgan fingerprint density at radius 2 is 1.93 bits per heavy atom. The lowest BCUT2D eigenvalue weighted by Crippen LogP contribution is -2.37. The van der Waals surface area contributed by atoms with Gasteiger partial charge in [-0.25, -0.2) is 0 Å². The molecule has 0 fully saturated rings. The number of hydrogen-bond donors (Lipinski definition) is 1. The number of amides is 1. The van der Waals surface area contributed by atoms with Gasteiger partial charge in [0, 0.05) is 4.47 Å². The van der Waals surface area contributed by atoms with E-state index in [1.54, 1.807) is 0 Å². The summed E-state index contributed by atoms with van der Waals surface area (Å²) < 4.78 is 1.00. The van der Waals surface area contributed by atoms with Gasteiger partial charge in [0.25, 0.3) is 0 Å². The monoisotopic (exact) mass is 255 g/mol. The summed E-state index contributed by atoms with van der Waals surface area (Å²) in [6, 6.07) is 7.70. The number of carbonyl (C=O) groups excluding carboxylic acids is 1. The van der Waals surface area contributed by atoms with E-state index in [0.29, 0.717) is 6.42 Å². The van der Waals surface area contributed by atoms with Crippen LogP contribution in [0.2, 0.25) is 0 Å². The molecule has 0 spiro atoms. The maximum atomic E-state index is 11.3. The topological polar surface area (TPSA) is 43.1 Å².